The van der Waals surface area contributed by atoms with E-state index in [9.17, 15) is 8.42 Å². The Balaban J connectivity index is 0.00000450. The number of nitrogens with zero attached hydrogens (tertiary/aromatic N) is 1. The van der Waals surface area contributed by atoms with Crippen LogP contribution in [0.5, 0.6) is 5.75 Å². The largest absolute Gasteiger partial charge is 0.497 e. The predicted molar refractivity (Wildman–Crippen MR) is 134 cm³/mol. The molecule has 0 aliphatic heterocycles. The Morgan fingerprint density at radius 2 is 1.90 bits per heavy atom. The Morgan fingerprint density at radius 1 is 1.17 bits per heavy atom. The van der Waals surface area contributed by atoms with Crippen molar-refractivity contribution >= 4 is 51.4 Å². The number of nitrogens with one attached hydrogen (secondary N) is 2. The molecule has 2 aromatic rings. The van der Waals surface area contributed by atoms with Crippen LogP contribution in [0.4, 0.5) is 0 Å². The maximum atomic E-state index is 11.7. The van der Waals surface area contributed by atoms with Gasteiger partial charge >= 0.3 is 0 Å². The molecule has 2 N–H and O–H groups in total. The van der Waals surface area contributed by atoms with Gasteiger partial charge in [0.1, 0.15) is 5.75 Å². The van der Waals surface area contributed by atoms with E-state index < -0.39 is 9.84 Å². The van der Waals surface area contributed by atoms with E-state index in [1.165, 1.54) is 6.26 Å². The summed E-state index contributed by atoms with van der Waals surface area (Å²) in [5.41, 5.74) is 2.71. The van der Waals surface area contributed by atoms with Gasteiger partial charge in [-0.15, -0.1) is 24.0 Å². The van der Waals surface area contributed by atoms with Crippen molar-refractivity contribution in [3.63, 3.8) is 0 Å². The zero-order valence-corrected chi connectivity index (χ0v) is 21.6. The lowest BCUT2D eigenvalue weighted by Gasteiger charge is -2.12. The van der Waals surface area contributed by atoms with Gasteiger partial charge in [0.15, 0.2) is 15.8 Å². The smallest absolute Gasteiger partial charge is 0.191 e. The van der Waals surface area contributed by atoms with Gasteiger partial charge in [0.05, 0.1) is 18.6 Å². The Kier molecular flexibility index (Phi) is 10.9. The normalized spacial score (nSPS) is 11.6. The summed E-state index contributed by atoms with van der Waals surface area (Å²) in [6.07, 6.45) is 1.96. The molecule has 2 aromatic carbocycles. The highest BCUT2D eigenvalue weighted by atomic mass is 127. The summed E-state index contributed by atoms with van der Waals surface area (Å²) in [6.45, 7) is 5.66. The lowest BCUT2D eigenvalue weighted by molar-refractivity contribution is 0.414. The van der Waals surface area contributed by atoms with Crippen molar-refractivity contribution in [1.82, 2.24) is 10.6 Å². The zero-order valence-electron chi connectivity index (χ0n) is 17.7. The minimum Gasteiger partial charge on any atom is -0.497 e. The predicted octanol–water partition coefficient (Wildman–Crippen LogP) is 3.98. The second-order valence-electron chi connectivity index (χ2n) is 6.70. The molecule has 166 valence electrons. The topological polar surface area (TPSA) is 79.8 Å². The van der Waals surface area contributed by atoms with Crippen molar-refractivity contribution in [2.24, 2.45) is 4.99 Å². The molecule has 0 unspecified atom stereocenters. The van der Waals surface area contributed by atoms with Gasteiger partial charge in [0, 0.05) is 24.4 Å². The van der Waals surface area contributed by atoms with Gasteiger partial charge < -0.3 is 15.4 Å². The van der Waals surface area contributed by atoms with Gasteiger partial charge in [-0.1, -0.05) is 29.8 Å². The number of hydrogen-bond donors (Lipinski definition) is 2. The lowest BCUT2D eigenvalue weighted by Crippen LogP contribution is -2.38. The molecule has 0 aliphatic carbocycles. The number of halogens is 2. The number of benzene rings is 2. The third-order valence-corrected chi connectivity index (χ3v) is 5.96. The molecule has 0 radical (unpaired) electrons. The summed E-state index contributed by atoms with van der Waals surface area (Å²) in [5.74, 6) is 1.43. The summed E-state index contributed by atoms with van der Waals surface area (Å²) in [6, 6.07) is 11.0. The molecular weight excluding hydrogens is 537 g/mol. The summed E-state index contributed by atoms with van der Waals surface area (Å²) < 4.78 is 28.7. The molecule has 0 aliphatic rings. The highest BCUT2D eigenvalue weighted by Crippen LogP contribution is 2.22. The van der Waals surface area contributed by atoms with Gasteiger partial charge in [-0.25, -0.2) is 13.4 Å². The molecule has 0 amide bonds. The number of hydrogen-bond acceptors (Lipinski definition) is 4. The van der Waals surface area contributed by atoms with Crippen molar-refractivity contribution in [1.29, 1.82) is 0 Å². The van der Waals surface area contributed by atoms with Gasteiger partial charge in [-0.3, -0.25) is 0 Å². The van der Waals surface area contributed by atoms with E-state index in [0.717, 1.165) is 35.4 Å². The van der Waals surface area contributed by atoms with Crippen LogP contribution in [0.2, 0.25) is 5.02 Å². The molecule has 0 bridgehead atoms. The van der Waals surface area contributed by atoms with Crippen LogP contribution in [0.3, 0.4) is 0 Å². The molecule has 0 spiro atoms. The van der Waals surface area contributed by atoms with E-state index in [1.54, 1.807) is 32.2 Å². The molecule has 6 nitrogen and oxygen atoms in total. The quantitative estimate of drug-likeness (QED) is 0.288. The molecule has 0 heterocycles. The standard InChI is InChI=1S/C21H28ClN3O3S.HI/c1-5-23-21(24-11-10-17-7-8-18(28-3)13-19(17)22)25-14-16-6-9-20(15(2)12-16)29(4,26)27;/h6-9,12-13H,5,10-11,14H2,1-4H3,(H2,23,24,25);1H. The van der Waals surface area contributed by atoms with E-state index in [4.69, 9.17) is 16.3 Å². The van der Waals surface area contributed by atoms with Crippen LogP contribution in [0.25, 0.3) is 0 Å². The van der Waals surface area contributed by atoms with Crippen LogP contribution in [0, 0.1) is 6.92 Å². The van der Waals surface area contributed by atoms with Crippen molar-refractivity contribution in [2.45, 2.75) is 31.7 Å². The number of methoxy groups -OCH3 is 1. The average molecular weight is 566 g/mol. The molecule has 0 atom stereocenters. The second kappa shape index (κ2) is 12.4. The first kappa shape index (κ1) is 26.5. The highest BCUT2D eigenvalue weighted by Gasteiger charge is 2.11. The highest BCUT2D eigenvalue weighted by molar-refractivity contribution is 14.0. The molecule has 9 heteroatoms. The van der Waals surface area contributed by atoms with Gasteiger partial charge in [0.2, 0.25) is 0 Å². The van der Waals surface area contributed by atoms with Crippen molar-refractivity contribution in [3.05, 3.63) is 58.1 Å². The number of sulfone groups is 1. The van der Waals surface area contributed by atoms with Crippen LogP contribution in [-0.2, 0) is 22.8 Å². The SMILES string of the molecule is CCNC(=NCc1ccc(S(C)(=O)=O)c(C)c1)NCCc1ccc(OC)cc1Cl.I. The molecule has 0 fully saturated rings. The number of aryl methyl sites for hydroxylation is 1. The third-order valence-electron chi connectivity index (χ3n) is 4.35. The van der Waals surface area contributed by atoms with E-state index in [2.05, 4.69) is 15.6 Å². The monoisotopic (exact) mass is 565 g/mol. The number of aliphatic imine (C=N–C) groups is 1. The van der Waals surface area contributed by atoms with Gasteiger partial charge in [-0.05, 0) is 55.2 Å². The van der Waals surface area contributed by atoms with Crippen LogP contribution >= 0.6 is 35.6 Å². The third kappa shape index (κ3) is 7.96. The first-order chi connectivity index (χ1) is 13.7. The van der Waals surface area contributed by atoms with Crippen LogP contribution < -0.4 is 15.4 Å². The Bertz CT molecular complexity index is 981. The fourth-order valence-corrected chi connectivity index (χ4v) is 4.14. The zero-order chi connectivity index (χ0) is 21.4. The fraction of sp³-hybridized carbons (Fsp3) is 0.381. The molecule has 0 saturated heterocycles. The minimum atomic E-state index is -3.22. The Morgan fingerprint density at radius 3 is 2.47 bits per heavy atom. The summed E-state index contributed by atoms with van der Waals surface area (Å²) in [7, 11) is -1.60. The fourth-order valence-electron chi connectivity index (χ4n) is 2.91. The van der Waals surface area contributed by atoms with Crippen molar-refractivity contribution in [2.75, 3.05) is 26.5 Å². The van der Waals surface area contributed by atoms with Crippen LogP contribution in [0.15, 0.2) is 46.3 Å². The number of rotatable bonds is 8. The number of ether oxygens (including phenoxy) is 1. The number of guanidine groups is 1. The molecule has 30 heavy (non-hydrogen) atoms. The van der Waals surface area contributed by atoms with Gasteiger partial charge in [0.25, 0.3) is 0 Å². The summed E-state index contributed by atoms with van der Waals surface area (Å²) in [5, 5.41) is 7.19. The first-order valence-electron chi connectivity index (χ1n) is 9.38. The summed E-state index contributed by atoms with van der Waals surface area (Å²) >= 11 is 6.29. The van der Waals surface area contributed by atoms with E-state index in [-0.39, 0.29) is 24.0 Å². The van der Waals surface area contributed by atoms with E-state index >= 15 is 0 Å². The van der Waals surface area contributed by atoms with E-state index in [1.807, 2.05) is 25.1 Å². The van der Waals surface area contributed by atoms with Crippen LogP contribution in [-0.4, -0.2) is 40.8 Å². The van der Waals surface area contributed by atoms with Crippen LogP contribution in [0.1, 0.15) is 23.6 Å². The van der Waals surface area contributed by atoms with Gasteiger partial charge in [-0.2, -0.15) is 0 Å². The second-order valence-corrected chi connectivity index (χ2v) is 9.09. The first-order valence-corrected chi connectivity index (χ1v) is 11.7. The molecule has 0 aromatic heterocycles. The lowest BCUT2D eigenvalue weighted by atomic mass is 10.1. The Hall–Kier alpha value is -1.52. The minimum absolute atomic E-state index is 0. The van der Waals surface area contributed by atoms with Crippen molar-refractivity contribution < 1.29 is 13.2 Å². The molecule has 2 rings (SSSR count). The molecule has 0 saturated carbocycles. The summed E-state index contributed by atoms with van der Waals surface area (Å²) in [4.78, 5) is 4.94. The average Bonchev–Trinajstić information content (AvgIpc) is 2.66. The maximum absolute atomic E-state index is 11.7. The van der Waals surface area contributed by atoms with Crippen molar-refractivity contribution in [3.8, 4) is 5.75 Å². The van der Waals surface area contributed by atoms with E-state index in [0.29, 0.717) is 29.0 Å². The maximum Gasteiger partial charge on any atom is 0.191 e. The molecular formula is C21H29ClIN3O3S. The Labute approximate surface area is 201 Å².